The highest BCUT2D eigenvalue weighted by Crippen LogP contribution is 2.32. The molecule has 0 radical (unpaired) electrons. The van der Waals surface area contributed by atoms with E-state index in [0.717, 1.165) is 0 Å². The molecule has 1 heterocycles. The number of rotatable bonds is 4. The lowest BCUT2D eigenvalue weighted by Crippen LogP contribution is -2.51. The van der Waals surface area contributed by atoms with Crippen molar-refractivity contribution in [3.8, 4) is 0 Å². The number of hydrogen-bond donors (Lipinski definition) is 1. The van der Waals surface area contributed by atoms with Gasteiger partial charge in [-0.1, -0.05) is 13.0 Å². The fourth-order valence-corrected chi connectivity index (χ4v) is 1.81. The molecule has 96 valence electrons. The van der Waals surface area contributed by atoms with Gasteiger partial charge in [0.15, 0.2) is 0 Å². The number of non-ortho nitro benzene ring substituents is 1. The van der Waals surface area contributed by atoms with Crippen LogP contribution < -0.4 is 5.32 Å². The molecular weight excluding hydrogens is 236 g/mol. The molecular formula is C12H14N2O4. The number of anilines is 1. The van der Waals surface area contributed by atoms with E-state index in [0.29, 0.717) is 25.3 Å². The number of hydrogen-bond acceptors (Lipinski definition) is 4. The van der Waals surface area contributed by atoms with E-state index in [1.54, 1.807) is 12.1 Å². The summed E-state index contributed by atoms with van der Waals surface area (Å²) >= 11 is 0. The average Bonchev–Trinajstić information content (AvgIpc) is 2.28. The van der Waals surface area contributed by atoms with Gasteiger partial charge >= 0.3 is 0 Å². The predicted molar refractivity (Wildman–Crippen MR) is 65.3 cm³/mol. The Balaban J connectivity index is 2.12. The zero-order chi connectivity index (χ0) is 13.2. The maximum Gasteiger partial charge on any atom is 0.271 e. The molecule has 1 aliphatic rings. The van der Waals surface area contributed by atoms with Crippen LogP contribution in [0.1, 0.15) is 13.3 Å². The van der Waals surface area contributed by atoms with Crippen molar-refractivity contribution in [1.29, 1.82) is 0 Å². The first-order valence-corrected chi connectivity index (χ1v) is 5.71. The molecule has 18 heavy (non-hydrogen) atoms. The first kappa shape index (κ1) is 12.5. The highest BCUT2D eigenvalue weighted by Gasteiger charge is 2.44. The largest absolute Gasteiger partial charge is 0.379 e. The van der Waals surface area contributed by atoms with Gasteiger partial charge in [-0.05, 0) is 12.5 Å². The van der Waals surface area contributed by atoms with E-state index in [2.05, 4.69) is 5.32 Å². The monoisotopic (exact) mass is 250 g/mol. The van der Waals surface area contributed by atoms with Gasteiger partial charge in [0, 0.05) is 17.8 Å². The molecule has 0 unspecified atom stereocenters. The van der Waals surface area contributed by atoms with Gasteiger partial charge < -0.3 is 10.1 Å². The lowest BCUT2D eigenvalue weighted by Gasteiger charge is -2.38. The second-order valence-corrected chi connectivity index (χ2v) is 4.39. The van der Waals surface area contributed by atoms with E-state index in [-0.39, 0.29) is 11.6 Å². The third-order valence-corrected chi connectivity index (χ3v) is 3.23. The summed E-state index contributed by atoms with van der Waals surface area (Å²) in [5, 5.41) is 13.3. The summed E-state index contributed by atoms with van der Waals surface area (Å²) < 4.78 is 5.08. The third-order valence-electron chi connectivity index (χ3n) is 3.23. The number of nitro benzene ring substituents is 1. The smallest absolute Gasteiger partial charge is 0.271 e. The molecule has 1 N–H and O–H groups in total. The van der Waals surface area contributed by atoms with Gasteiger partial charge in [0.2, 0.25) is 5.91 Å². The molecule has 0 atom stereocenters. The summed E-state index contributed by atoms with van der Waals surface area (Å²) in [7, 11) is 0. The number of nitrogens with one attached hydrogen (secondary N) is 1. The van der Waals surface area contributed by atoms with Crippen molar-refractivity contribution in [3.05, 3.63) is 34.4 Å². The van der Waals surface area contributed by atoms with Crippen LogP contribution >= 0.6 is 0 Å². The highest BCUT2D eigenvalue weighted by molar-refractivity contribution is 5.96. The van der Waals surface area contributed by atoms with Crippen LogP contribution in [0.15, 0.2) is 24.3 Å². The summed E-state index contributed by atoms with van der Waals surface area (Å²) in [6.07, 6.45) is 0.688. The molecule has 2 rings (SSSR count). The number of nitrogens with zero attached hydrogens (tertiary/aromatic N) is 1. The second kappa shape index (κ2) is 4.73. The van der Waals surface area contributed by atoms with Crippen LogP contribution in [-0.4, -0.2) is 24.0 Å². The van der Waals surface area contributed by atoms with Gasteiger partial charge in [-0.25, -0.2) is 0 Å². The first-order valence-electron chi connectivity index (χ1n) is 5.71. The van der Waals surface area contributed by atoms with Crippen molar-refractivity contribution < 1.29 is 14.5 Å². The molecule has 0 aliphatic carbocycles. The van der Waals surface area contributed by atoms with Gasteiger partial charge in [0.25, 0.3) is 5.69 Å². The molecule has 1 fully saturated rings. The Kier molecular flexibility index (Phi) is 3.29. The SMILES string of the molecule is CCC1(C(=O)Nc2cccc([N+](=O)[O-])c2)COC1. The number of carbonyl (C=O) groups excluding carboxylic acids is 1. The van der Waals surface area contributed by atoms with E-state index < -0.39 is 10.3 Å². The van der Waals surface area contributed by atoms with Gasteiger partial charge in [-0.15, -0.1) is 0 Å². The minimum atomic E-state index is -0.488. The van der Waals surface area contributed by atoms with Crippen molar-refractivity contribution in [2.45, 2.75) is 13.3 Å². The minimum Gasteiger partial charge on any atom is -0.379 e. The van der Waals surface area contributed by atoms with Crippen molar-refractivity contribution in [3.63, 3.8) is 0 Å². The summed E-state index contributed by atoms with van der Waals surface area (Å²) in [6.45, 7) is 2.74. The van der Waals surface area contributed by atoms with Crippen LogP contribution in [0.3, 0.4) is 0 Å². The normalized spacial score (nSPS) is 16.7. The van der Waals surface area contributed by atoms with Crippen LogP contribution in [0.25, 0.3) is 0 Å². The zero-order valence-corrected chi connectivity index (χ0v) is 10.0. The van der Waals surface area contributed by atoms with E-state index in [1.807, 2.05) is 6.92 Å². The molecule has 1 aliphatic heterocycles. The van der Waals surface area contributed by atoms with Gasteiger partial charge in [0.05, 0.1) is 23.6 Å². The average molecular weight is 250 g/mol. The minimum absolute atomic E-state index is 0.0387. The molecule has 0 aromatic heterocycles. The Morgan fingerprint density at radius 3 is 2.78 bits per heavy atom. The van der Waals surface area contributed by atoms with E-state index >= 15 is 0 Å². The lowest BCUT2D eigenvalue weighted by atomic mass is 9.82. The summed E-state index contributed by atoms with van der Waals surface area (Å²) in [4.78, 5) is 22.2. The Morgan fingerprint density at radius 2 is 2.28 bits per heavy atom. The molecule has 1 aromatic rings. The molecule has 0 spiro atoms. The number of benzene rings is 1. The molecule has 0 bridgehead atoms. The topological polar surface area (TPSA) is 81.5 Å². The molecule has 1 saturated heterocycles. The van der Waals surface area contributed by atoms with Crippen molar-refractivity contribution in [1.82, 2.24) is 0 Å². The van der Waals surface area contributed by atoms with Gasteiger partial charge in [-0.2, -0.15) is 0 Å². The lowest BCUT2D eigenvalue weighted by molar-refractivity contribution is -0.384. The predicted octanol–water partition coefficient (Wildman–Crippen LogP) is 1.96. The van der Waals surface area contributed by atoms with Crippen LogP contribution in [0.5, 0.6) is 0 Å². The van der Waals surface area contributed by atoms with E-state index in [1.165, 1.54) is 12.1 Å². The van der Waals surface area contributed by atoms with Crippen LogP contribution in [-0.2, 0) is 9.53 Å². The standard InChI is InChI=1S/C12H14N2O4/c1-2-12(7-18-8-12)11(15)13-9-4-3-5-10(6-9)14(16)17/h3-6H,2,7-8H2,1H3,(H,13,15). The Morgan fingerprint density at radius 1 is 1.56 bits per heavy atom. The number of carbonyl (C=O) groups is 1. The summed E-state index contributed by atoms with van der Waals surface area (Å²) in [6, 6.07) is 5.91. The summed E-state index contributed by atoms with van der Waals surface area (Å²) in [5.41, 5.74) is -0.0814. The molecule has 1 aromatic carbocycles. The highest BCUT2D eigenvalue weighted by atomic mass is 16.6. The molecule has 6 nitrogen and oxygen atoms in total. The molecule has 6 heteroatoms. The van der Waals surface area contributed by atoms with Crippen LogP contribution in [0.4, 0.5) is 11.4 Å². The Labute approximate surface area is 104 Å². The number of nitro groups is 1. The van der Waals surface area contributed by atoms with E-state index in [4.69, 9.17) is 4.74 Å². The molecule has 0 saturated carbocycles. The molecule has 1 amide bonds. The van der Waals surface area contributed by atoms with Gasteiger partial charge in [0.1, 0.15) is 0 Å². The first-order chi connectivity index (χ1) is 8.57. The maximum atomic E-state index is 12.1. The van der Waals surface area contributed by atoms with Crippen molar-refractivity contribution in [2.24, 2.45) is 5.41 Å². The van der Waals surface area contributed by atoms with Crippen molar-refractivity contribution >= 4 is 17.3 Å². The van der Waals surface area contributed by atoms with E-state index in [9.17, 15) is 14.9 Å². The number of amides is 1. The summed E-state index contributed by atoms with van der Waals surface area (Å²) in [5.74, 6) is -0.142. The zero-order valence-electron chi connectivity index (χ0n) is 10.0. The van der Waals surface area contributed by atoms with Crippen LogP contribution in [0.2, 0.25) is 0 Å². The fraction of sp³-hybridized carbons (Fsp3) is 0.417. The fourth-order valence-electron chi connectivity index (χ4n) is 1.81. The van der Waals surface area contributed by atoms with Crippen LogP contribution in [0, 0.1) is 15.5 Å². The second-order valence-electron chi connectivity index (χ2n) is 4.39. The van der Waals surface area contributed by atoms with Crippen molar-refractivity contribution in [2.75, 3.05) is 18.5 Å². The van der Waals surface area contributed by atoms with Gasteiger partial charge in [-0.3, -0.25) is 14.9 Å². The maximum absolute atomic E-state index is 12.1. The Hall–Kier alpha value is -1.95. The number of ether oxygens (including phenoxy) is 1. The quantitative estimate of drug-likeness (QED) is 0.654. The third kappa shape index (κ3) is 2.19. The Bertz CT molecular complexity index is 477.